The number of hydrogen-bond donors (Lipinski definition) is 1. The Morgan fingerprint density at radius 2 is 2.06 bits per heavy atom. The number of carbonyl (C=O) groups is 1. The smallest absolute Gasteiger partial charge is 0.138 e. The molecule has 0 aliphatic heterocycles. The van der Waals surface area contributed by atoms with Crippen LogP contribution in [0.15, 0.2) is 24.3 Å². The quantitative estimate of drug-likeness (QED) is 0.848. The molecule has 0 amide bonds. The molecule has 0 spiro atoms. The van der Waals surface area contributed by atoms with Gasteiger partial charge in [-0.2, -0.15) is 0 Å². The molecule has 1 saturated carbocycles. The van der Waals surface area contributed by atoms with Crippen molar-refractivity contribution in [3.63, 3.8) is 0 Å². The van der Waals surface area contributed by atoms with E-state index in [-0.39, 0.29) is 11.7 Å². The number of ether oxygens (including phenoxy) is 1. The van der Waals surface area contributed by atoms with Gasteiger partial charge in [0.1, 0.15) is 11.5 Å². The monoisotopic (exact) mass is 220 g/mol. The van der Waals surface area contributed by atoms with E-state index in [0.717, 1.165) is 24.2 Å². The maximum atomic E-state index is 11.5. The SMILES string of the molecule is COc1ccc([C@H](O)[C@@H]2CCCC2=O)cc1. The summed E-state index contributed by atoms with van der Waals surface area (Å²) in [4.78, 5) is 11.5. The Kier molecular flexibility index (Phi) is 3.25. The molecule has 86 valence electrons. The lowest BCUT2D eigenvalue weighted by Crippen LogP contribution is -2.16. The summed E-state index contributed by atoms with van der Waals surface area (Å²) in [7, 11) is 1.60. The van der Waals surface area contributed by atoms with Gasteiger partial charge >= 0.3 is 0 Å². The Morgan fingerprint density at radius 3 is 2.56 bits per heavy atom. The maximum Gasteiger partial charge on any atom is 0.138 e. The third-order valence-corrected chi connectivity index (χ3v) is 3.19. The van der Waals surface area contributed by atoms with Crippen LogP contribution in [0.4, 0.5) is 0 Å². The van der Waals surface area contributed by atoms with Crippen molar-refractivity contribution in [1.29, 1.82) is 0 Å². The number of Topliss-reactive ketones (excluding diaryl/α,β-unsaturated/α-hetero) is 1. The van der Waals surface area contributed by atoms with Crippen LogP contribution in [0.1, 0.15) is 30.9 Å². The largest absolute Gasteiger partial charge is 0.497 e. The van der Waals surface area contributed by atoms with Gasteiger partial charge in [-0.15, -0.1) is 0 Å². The second-order valence-corrected chi connectivity index (χ2v) is 4.18. The molecule has 3 nitrogen and oxygen atoms in total. The van der Waals surface area contributed by atoms with E-state index in [9.17, 15) is 9.90 Å². The minimum Gasteiger partial charge on any atom is -0.497 e. The highest BCUT2D eigenvalue weighted by Crippen LogP contribution is 2.33. The van der Waals surface area contributed by atoms with Crippen LogP contribution in [0.2, 0.25) is 0 Å². The van der Waals surface area contributed by atoms with Crippen LogP contribution in [0.3, 0.4) is 0 Å². The first-order valence-electron chi connectivity index (χ1n) is 5.57. The van der Waals surface area contributed by atoms with Crippen LogP contribution in [0.5, 0.6) is 5.75 Å². The van der Waals surface area contributed by atoms with Gasteiger partial charge in [0.25, 0.3) is 0 Å². The minimum absolute atomic E-state index is 0.184. The molecule has 1 N–H and O–H groups in total. The average Bonchev–Trinajstić information content (AvgIpc) is 2.75. The van der Waals surface area contributed by atoms with Crippen molar-refractivity contribution in [2.24, 2.45) is 5.92 Å². The summed E-state index contributed by atoms with van der Waals surface area (Å²) in [6.07, 6.45) is 1.64. The summed E-state index contributed by atoms with van der Waals surface area (Å²) < 4.78 is 5.05. The molecule has 0 bridgehead atoms. The predicted molar refractivity (Wildman–Crippen MR) is 60.3 cm³/mol. The number of benzene rings is 1. The molecule has 2 rings (SSSR count). The third-order valence-electron chi connectivity index (χ3n) is 3.19. The molecule has 0 aromatic heterocycles. The van der Waals surface area contributed by atoms with Crippen molar-refractivity contribution >= 4 is 5.78 Å². The van der Waals surface area contributed by atoms with Crippen LogP contribution in [-0.2, 0) is 4.79 Å². The fourth-order valence-electron chi connectivity index (χ4n) is 2.21. The molecule has 1 aliphatic rings. The van der Waals surface area contributed by atoms with Gasteiger partial charge in [0.15, 0.2) is 0 Å². The Hall–Kier alpha value is -1.35. The predicted octanol–water partition coefficient (Wildman–Crippen LogP) is 2.10. The Bertz CT molecular complexity index is 369. The van der Waals surface area contributed by atoms with Crippen molar-refractivity contribution in [1.82, 2.24) is 0 Å². The van der Waals surface area contributed by atoms with E-state index in [1.165, 1.54) is 0 Å². The summed E-state index contributed by atoms with van der Waals surface area (Å²) in [5, 5.41) is 10.1. The Labute approximate surface area is 95.0 Å². The van der Waals surface area contributed by atoms with E-state index in [1.54, 1.807) is 19.2 Å². The summed E-state index contributed by atoms with van der Waals surface area (Å²) >= 11 is 0. The molecule has 2 atom stereocenters. The van der Waals surface area contributed by atoms with Gasteiger partial charge in [-0.25, -0.2) is 0 Å². The molecule has 1 aliphatic carbocycles. The second-order valence-electron chi connectivity index (χ2n) is 4.18. The van der Waals surface area contributed by atoms with Crippen LogP contribution in [0.25, 0.3) is 0 Å². The summed E-state index contributed by atoms with van der Waals surface area (Å²) in [5.41, 5.74) is 0.793. The second kappa shape index (κ2) is 4.66. The number of rotatable bonds is 3. The van der Waals surface area contributed by atoms with Gasteiger partial charge in [0.05, 0.1) is 13.2 Å². The Morgan fingerprint density at radius 1 is 1.38 bits per heavy atom. The zero-order valence-electron chi connectivity index (χ0n) is 9.35. The normalized spacial score (nSPS) is 22.1. The number of aliphatic hydroxyl groups excluding tert-OH is 1. The van der Waals surface area contributed by atoms with Crippen LogP contribution in [-0.4, -0.2) is 18.0 Å². The molecule has 16 heavy (non-hydrogen) atoms. The molecular weight excluding hydrogens is 204 g/mol. The number of methoxy groups -OCH3 is 1. The van der Waals surface area contributed by atoms with Crippen molar-refractivity contribution < 1.29 is 14.6 Å². The first-order valence-corrected chi connectivity index (χ1v) is 5.57. The summed E-state index contributed by atoms with van der Waals surface area (Å²) in [6, 6.07) is 7.24. The highest BCUT2D eigenvalue weighted by Gasteiger charge is 2.31. The van der Waals surface area contributed by atoms with Crippen molar-refractivity contribution in [2.45, 2.75) is 25.4 Å². The molecule has 1 aromatic rings. The molecule has 0 heterocycles. The van der Waals surface area contributed by atoms with E-state index in [0.29, 0.717) is 6.42 Å². The highest BCUT2D eigenvalue weighted by molar-refractivity contribution is 5.83. The fraction of sp³-hybridized carbons (Fsp3) is 0.462. The lowest BCUT2D eigenvalue weighted by atomic mass is 9.94. The molecule has 1 fully saturated rings. The van der Waals surface area contributed by atoms with Crippen molar-refractivity contribution in [2.75, 3.05) is 7.11 Å². The van der Waals surface area contributed by atoms with Crippen LogP contribution in [0, 0.1) is 5.92 Å². The molecule has 3 heteroatoms. The molecule has 0 saturated heterocycles. The zero-order valence-corrected chi connectivity index (χ0v) is 9.35. The molecule has 0 unspecified atom stereocenters. The topological polar surface area (TPSA) is 46.5 Å². The minimum atomic E-state index is -0.666. The van der Waals surface area contributed by atoms with Gasteiger partial charge in [-0.1, -0.05) is 12.1 Å². The number of hydrogen-bond acceptors (Lipinski definition) is 3. The summed E-state index contributed by atoms with van der Waals surface area (Å²) in [5.74, 6) is 0.727. The van der Waals surface area contributed by atoms with E-state index in [4.69, 9.17) is 4.74 Å². The lowest BCUT2D eigenvalue weighted by molar-refractivity contribution is -0.123. The number of ketones is 1. The standard InChI is InChI=1S/C13H16O3/c1-16-10-7-5-9(6-8-10)13(15)11-3-2-4-12(11)14/h5-8,11,13,15H,2-4H2,1H3/t11-,13+/m1/s1. The molecule has 0 radical (unpaired) electrons. The lowest BCUT2D eigenvalue weighted by Gasteiger charge is -2.17. The van der Waals surface area contributed by atoms with Gasteiger partial charge in [0.2, 0.25) is 0 Å². The molecule has 1 aromatic carbocycles. The summed E-state index contributed by atoms with van der Waals surface area (Å²) in [6.45, 7) is 0. The van der Waals surface area contributed by atoms with Gasteiger partial charge in [-0.05, 0) is 30.5 Å². The number of carbonyl (C=O) groups excluding carboxylic acids is 1. The van der Waals surface area contributed by atoms with Crippen LogP contribution >= 0.6 is 0 Å². The van der Waals surface area contributed by atoms with E-state index >= 15 is 0 Å². The third kappa shape index (κ3) is 2.09. The van der Waals surface area contributed by atoms with Crippen molar-refractivity contribution in [3.8, 4) is 5.75 Å². The molecular formula is C13H16O3. The van der Waals surface area contributed by atoms with Crippen LogP contribution < -0.4 is 4.74 Å². The van der Waals surface area contributed by atoms with E-state index in [2.05, 4.69) is 0 Å². The van der Waals surface area contributed by atoms with Gasteiger partial charge < -0.3 is 9.84 Å². The Balaban J connectivity index is 2.13. The zero-order chi connectivity index (χ0) is 11.5. The maximum absolute atomic E-state index is 11.5. The van der Waals surface area contributed by atoms with E-state index < -0.39 is 6.10 Å². The van der Waals surface area contributed by atoms with Crippen molar-refractivity contribution in [3.05, 3.63) is 29.8 Å². The van der Waals surface area contributed by atoms with Gasteiger partial charge in [0, 0.05) is 12.3 Å². The highest BCUT2D eigenvalue weighted by atomic mass is 16.5. The van der Waals surface area contributed by atoms with Gasteiger partial charge in [-0.3, -0.25) is 4.79 Å². The number of aliphatic hydroxyl groups is 1. The first-order chi connectivity index (χ1) is 7.72. The average molecular weight is 220 g/mol. The first kappa shape index (κ1) is 11.1. The van der Waals surface area contributed by atoms with E-state index in [1.807, 2.05) is 12.1 Å². The fourth-order valence-corrected chi connectivity index (χ4v) is 2.21.